The number of nitrogens with two attached hydrogens (primary N) is 1. The van der Waals surface area contributed by atoms with Crippen LogP contribution in [0.15, 0.2) is 23.6 Å². The lowest BCUT2D eigenvalue weighted by Gasteiger charge is -2.27. The highest BCUT2D eigenvalue weighted by Gasteiger charge is 2.27. The number of carbonyl (C=O) groups excluding carboxylic acids is 1. The number of rotatable bonds is 2. The van der Waals surface area contributed by atoms with Crippen LogP contribution in [0, 0.1) is 11.3 Å². The minimum absolute atomic E-state index is 0.0359. The van der Waals surface area contributed by atoms with Gasteiger partial charge in [-0.05, 0) is 11.5 Å². The molecule has 0 aliphatic carbocycles. The number of hydrogen-bond donors (Lipinski definition) is 1. The van der Waals surface area contributed by atoms with Crippen LogP contribution in [-0.4, -0.2) is 21.7 Å². The second-order valence-electron chi connectivity index (χ2n) is 4.90. The Kier molecular flexibility index (Phi) is 3.88. The Morgan fingerprint density at radius 2 is 2.18 bits per heavy atom. The predicted octanol–water partition coefficient (Wildman–Crippen LogP) is 1.82. The Balaban J connectivity index is 3.03. The van der Waals surface area contributed by atoms with E-state index in [-0.39, 0.29) is 11.3 Å². The van der Waals surface area contributed by atoms with Crippen molar-refractivity contribution in [3.05, 3.63) is 18.5 Å². The third-order valence-electron chi connectivity index (χ3n) is 2.65. The number of oxime groups is 1. The van der Waals surface area contributed by atoms with Crippen LogP contribution in [0.4, 0.5) is 4.79 Å². The van der Waals surface area contributed by atoms with E-state index in [4.69, 9.17) is 5.73 Å². The van der Waals surface area contributed by atoms with E-state index in [9.17, 15) is 4.79 Å². The molecule has 0 aromatic carbocycles. The third kappa shape index (κ3) is 3.58. The van der Waals surface area contributed by atoms with E-state index in [1.165, 1.54) is 0 Å². The third-order valence-corrected chi connectivity index (χ3v) is 2.65. The molecule has 17 heavy (non-hydrogen) atoms. The fourth-order valence-electron chi connectivity index (χ4n) is 1.20. The summed E-state index contributed by atoms with van der Waals surface area (Å²) in [6, 6.07) is 1.77. The maximum absolute atomic E-state index is 10.6. The summed E-state index contributed by atoms with van der Waals surface area (Å²) >= 11 is 0. The summed E-state index contributed by atoms with van der Waals surface area (Å²) in [6.07, 6.45) is 2.44. The Labute approximate surface area is 100 Å². The molecule has 2 N–H and O–H groups in total. The van der Waals surface area contributed by atoms with Gasteiger partial charge >= 0.3 is 6.09 Å². The van der Waals surface area contributed by atoms with Gasteiger partial charge in [0, 0.05) is 18.3 Å². The number of amides is 1. The van der Waals surface area contributed by atoms with Crippen LogP contribution >= 0.6 is 0 Å². The molecule has 1 atom stereocenters. The Hall–Kier alpha value is -1.85. The second-order valence-corrected chi connectivity index (χ2v) is 4.90. The highest BCUT2D eigenvalue weighted by atomic mass is 16.7. The van der Waals surface area contributed by atoms with Gasteiger partial charge < -0.3 is 5.73 Å². The summed E-state index contributed by atoms with van der Waals surface area (Å²) in [5.41, 5.74) is 4.87. The average Bonchev–Trinajstić information content (AvgIpc) is 2.69. The van der Waals surface area contributed by atoms with E-state index >= 15 is 0 Å². The van der Waals surface area contributed by atoms with Crippen molar-refractivity contribution in [1.82, 2.24) is 9.78 Å². The largest absolute Gasteiger partial charge is 0.430 e. The van der Waals surface area contributed by atoms with Gasteiger partial charge in [0.25, 0.3) is 0 Å². The minimum Gasteiger partial charge on any atom is -0.333 e. The Bertz CT molecular complexity index is 404. The molecule has 1 unspecified atom stereocenters. The van der Waals surface area contributed by atoms with Crippen LogP contribution in [0.5, 0.6) is 0 Å². The van der Waals surface area contributed by atoms with Crippen LogP contribution in [0.3, 0.4) is 0 Å². The van der Waals surface area contributed by atoms with Crippen LogP contribution in [0.2, 0.25) is 0 Å². The SMILES string of the molecule is CC(C(=NOC(N)=O)n1cccn1)C(C)(C)C. The van der Waals surface area contributed by atoms with Gasteiger partial charge in [-0.1, -0.05) is 32.9 Å². The molecule has 0 aliphatic heterocycles. The van der Waals surface area contributed by atoms with Crippen LogP contribution in [0.1, 0.15) is 27.7 Å². The number of carbonyl (C=O) groups is 1. The van der Waals surface area contributed by atoms with Gasteiger partial charge in [-0.2, -0.15) is 5.10 Å². The van der Waals surface area contributed by atoms with E-state index < -0.39 is 6.09 Å². The molecule has 1 aromatic heterocycles. The molecule has 0 fully saturated rings. The molecule has 1 rings (SSSR count). The first-order valence-corrected chi connectivity index (χ1v) is 5.36. The van der Waals surface area contributed by atoms with Gasteiger partial charge in [0.1, 0.15) is 0 Å². The van der Waals surface area contributed by atoms with Crippen molar-refractivity contribution in [1.29, 1.82) is 0 Å². The monoisotopic (exact) mass is 238 g/mol. The Morgan fingerprint density at radius 1 is 1.53 bits per heavy atom. The zero-order valence-corrected chi connectivity index (χ0v) is 10.5. The first-order valence-electron chi connectivity index (χ1n) is 5.36. The summed E-state index contributed by atoms with van der Waals surface area (Å²) in [5, 5.41) is 7.86. The molecule has 0 saturated heterocycles. The van der Waals surface area contributed by atoms with Gasteiger partial charge in [0.2, 0.25) is 0 Å². The van der Waals surface area contributed by atoms with Gasteiger partial charge in [-0.3, -0.25) is 4.84 Å². The maximum Gasteiger partial charge on any atom is 0.430 e. The molecule has 1 aromatic rings. The fourth-order valence-corrected chi connectivity index (χ4v) is 1.20. The predicted molar refractivity (Wildman–Crippen MR) is 64.3 cm³/mol. The molecule has 0 bridgehead atoms. The van der Waals surface area contributed by atoms with Gasteiger partial charge in [-0.15, -0.1) is 0 Å². The fraction of sp³-hybridized carbons (Fsp3) is 0.545. The maximum atomic E-state index is 10.6. The van der Waals surface area contributed by atoms with Crippen LogP contribution in [-0.2, 0) is 4.84 Å². The van der Waals surface area contributed by atoms with Crippen molar-refractivity contribution in [2.24, 2.45) is 22.2 Å². The molecular formula is C11H18N4O2. The lowest BCUT2D eigenvalue weighted by molar-refractivity contribution is 0.158. The van der Waals surface area contributed by atoms with Crippen molar-refractivity contribution < 1.29 is 9.63 Å². The number of aromatic nitrogens is 2. The summed E-state index contributed by atoms with van der Waals surface area (Å²) in [6.45, 7) is 8.20. The molecule has 0 spiro atoms. The standard InChI is InChI=1S/C11H18N4O2/c1-8(11(2,3)4)9(14-17-10(12)16)15-7-5-6-13-15/h5-8H,1-4H3,(H2,12,16). The quantitative estimate of drug-likeness (QED) is 0.369. The summed E-state index contributed by atoms with van der Waals surface area (Å²) < 4.78 is 1.57. The van der Waals surface area contributed by atoms with Crippen molar-refractivity contribution in [2.75, 3.05) is 0 Å². The van der Waals surface area contributed by atoms with Crippen molar-refractivity contribution in [3.63, 3.8) is 0 Å². The van der Waals surface area contributed by atoms with Gasteiger partial charge in [0.15, 0.2) is 5.84 Å². The summed E-state index contributed by atoms with van der Waals surface area (Å²) in [4.78, 5) is 15.1. The molecule has 1 amide bonds. The van der Waals surface area contributed by atoms with Crippen LogP contribution < -0.4 is 5.73 Å². The first kappa shape index (κ1) is 13.2. The highest BCUT2D eigenvalue weighted by molar-refractivity contribution is 5.86. The van der Waals surface area contributed by atoms with E-state index in [1.54, 1.807) is 23.1 Å². The molecular weight excluding hydrogens is 220 g/mol. The normalized spacial score (nSPS) is 14.5. The molecule has 94 valence electrons. The van der Waals surface area contributed by atoms with Crippen molar-refractivity contribution in [2.45, 2.75) is 27.7 Å². The minimum atomic E-state index is -0.934. The van der Waals surface area contributed by atoms with Crippen molar-refractivity contribution in [3.8, 4) is 0 Å². The smallest absolute Gasteiger partial charge is 0.333 e. The highest BCUT2D eigenvalue weighted by Crippen LogP contribution is 2.27. The summed E-state index contributed by atoms with van der Waals surface area (Å²) in [7, 11) is 0. The van der Waals surface area contributed by atoms with E-state index in [0.717, 1.165) is 0 Å². The second kappa shape index (κ2) is 4.99. The lowest BCUT2D eigenvalue weighted by Crippen LogP contribution is -2.32. The van der Waals surface area contributed by atoms with Gasteiger partial charge in [-0.25, -0.2) is 9.48 Å². The lowest BCUT2D eigenvalue weighted by atomic mass is 9.81. The topological polar surface area (TPSA) is 82.5 Å². The zero-order valence-electron chi connectivity index (χ0n) is 10.5. The van der Waals surface area contributed by atoms with E-state index in [0.29, 0.717) is 5.84 Å². The van der Waals surface area contributed by atoms with Crippen LogP contribution in [0.25, 0.3) is 0 Å². The van der Waals surface area contributed by atoms with Crippen molar-refractivity contribution >= 4 is 11.9 Å². The van der Waals surface area contributed by atoms with Gasteiger partial charge in [0.05, 0.1) is 0 Å². The zero-order chi connectivity index (χ0) is 13.1. The van der Waals surface area contributed by atoms with E-state index in [2.05, 4.69) is 35.9 Å². The molecule has 6 nitrogen and oxygen atoms in total. The molecule has 0 aliphatic rings. The molecule has 6 heteroatoms. The number of primary amides is 1. The molecule has 0 saturated carbocycles. The Morgan fingerprint density at radius 3 is 2.59 bits per heavy atom. The molecule has 0 radical (unpaired) electrons. The average molecular weight is 238 g/mol. The first-order chi connectivity index (χ1) is 7.82. The summed E-state index contributed by atoms with van der Waals surface area (Å²) in [5.74, 6) is 0.586. The van der Waals surface area contributed by atoms with E-state index in [1.807, 2.05) is 6.92 Å². The number of nitrogens with zero attached hydrogens (tertiary/aromatic N) is 3. The molecule has 1 heterocycles. The number of hydrogen-bond acceptors (Lipinski definition) is 4.